The number of rotatable bonds is 2. The fourth-order valence-electron chi connectivity index (χ4n) is 5.87. The molecule has 0 radical (unpaired) electrons. The van der Waals surface area contributed by atoms with Crippen LogP contribution in [0.1, 0.15) is 45.5 Å². The van der Waals surface area contributed by atoms with Crippen LogP contribution < -0.4 is 14.5 Å². The average Bonchev–Trinajstić information content (AvgIpc) is 3.05. The van der Waals surface area contributed by atoms with Gasteiger partial charge in [0.1, 0.15) is 11.5 Å². The van der Waals surface area contributed by atoms with E-state index in [4.69, 9.17) is 14.3 Å². The average molecular weight is 493 g/mol. The van der Waals surface area contributed by atoms with Crippen LogP contribution in [0.4, 0.5) is 11.4 Å². The van der Waals surface area contributed by atoms with Crippen molar-refractivity contribution in [1.82, 2.24) is 0 Å². The van der Waals surface area contributed by atoms with Crippen LogP contribution in [-0.2, 0) is 15.0 Å². The SMILES string of the molecule is Cc1ccc2c(c1)C1(C(=[N+]=[N-])C2=O)c2ccc(N3CCC3)cc2Oc2cc(N3CCC3)ccc21.O=C=O. The highest BCUT2D eigenvalue weighted by atomic mass is 16.5. The lowest BCUT2D eigenvalue weighted by molar-refractivity contribution is -0.191. The molecule has 3 aliphatic heterocycles. The second-order valence-corrected chi connectivity index (χ2v) is 9.80. The summed E-state index contributed by atoms with van der Waals surface area (Å²) >= 11 is 0. The van der Waals surface area contributed by atoms with E-state index in [1.807, 2.05) is 31.2 Å². The van der Waals surface area contributed by atoms with Crippen molar-refractivity contribution >= 4 is 29.0 Å². The molecule has 1 spiro atoms. The summed E-state index contributed by atoms with van der Waals surface area (Å²) in [7, 11) is 0. The summed E-state index contributed by atoms with van der Waals surface area (Å²) in [6.45, 7) is 6.15. The molecule has 3 heterocycles. The van der Waals surface area contributed by atoms with Crippen LogP contribution >= 0.6 is 0 Å². The molecule has 3 aromatic carbocycles. The smallest absolute Gasteiger partial charge is 0.373 e. The molecular formula is C29H24N4O4. The summed E-state index contributed by atoms with van der Waals surface area (Å²) < 4.78 is 6.56. The molecule has 0 N–H and O–H groups in total. The Labute approximate surface area is 213 Å². The zero-order valence-corrected chi connectivity index (χ0v) is 20.4. The minimum atomic E-state index is -1.02. The van der Waals surface area contributed by atoms with E-state index in [0.717, 1.165) is 59.8 Å². The van der Waals surface area contributed by atoms with Crippen molar-refractivity contribution in [2.45, 2.75) is 25.2 Å². The first kappa shape index (κ1) is 22.9. The van der Waals surface area contributed by atoms with Crippen LogP contribution in [0.25, 0.3) is 5.53 Å². The van der Waals surface area contributed by atoms with E-state index < -0.39 is 5.41 Å². The van der Waals surface area contributed by atoms with E-state index in [1.165, 1.54) is 12.8 Å². The fraction of sp³-hybridized carbons (Fsp3) is 0.276. The molecule has 1 aliphatic carbocycles. The predicted octanol–water partition coefficient (Wildman–Crippen LogP) is 4.14. The van der Waals surface area contributed by atoms with Crippen LogP contribution in [0.2, 0.25) is 0 Å². The zero-order valence-electron chi connectivity index (χ0n) is 20.4. The van der Waals surface area contributed by atoms with E-state index in [0.29, 0.717) is 17.1 Å². The molecule has 2 fully saturated rings. The van der Waals surface area contributed by atoms with Crippen LogP contribution in [0, 0.1) is 6.92 Å². The second kappa shape index (κ2) is 8.56. The number of carbonyl (C=O) groups is 1. The summed E-state index contributed by atoms with van der Waals surface area (Å²) in [4.78, 5) is 38.1. The van der Waals surface area contributed by atoms with Gasteiger partial charge in [0.25, 0.3) is 5.78 Å². The quantitative estimate of drug-likeness (QED) is 0.394. The molecule has 0 atom stereocenters. The molecule has 0 bridgehead atoms. The first-order valence-electron chi connectivity index (χ1n) is 12.4. The molecule has 2 saturated heterocycles. The maximum Gasteiger partial charge on any atom is 0.373 e. The molecule has 0 saturated carbocycles. The number of hydrogen-bond acceptors (Lipinski definition) is 6. The fourth-order valence-corrected chi connectivity index (χ4v) is 5.87. The number of hydrogen-bond donors (Lipinski definition) is 0. The molecule has 0 aromatic heterocycles. The van der Waals surface area contributed by atoms with Gasteiger partial charge in [0.2, 0.25) is 0 Å². The van der Waals surface area contributed by atoms with Crippen LogP contribution in [0.5, 0.6) is 11.5 Å². The molecule has 0 unspecified atom stereocenters. The lowest BCUT2D eigenvalue weighted by Crippen LogP contribution is -2.41. The third-order valence-corrected chi connectivity index (χ3v) is 7.89. The van der Waals surface area contributed by atoms with Crippen molar-refractivity contribution in [1.29, 1.82) is 0 Å². The molecule has 7 rings (SSSR count). The topological polar surface area (TPSA) is 103 Å². The molecule has 0 amide bonds. The first-order chi connectivity index (χ1) is 18.0. The first-order valence-corrected chi connectivity index (χ1v) is 12.4. The Bertz CT molecular complexity index is 1480. The molecule has 8 nitrogen and oxygen atoms in total. The van der Waals surface area contributed by atoms with Crippen LogP contribution in [0.3, 0.4) is 0 Å². The van der Waals surface area contributed by atoms with Crippen molar-refractivity contribution in [2.75, 3.05) is 36.0 Å². The standard InChI is InChI=1S/C28H24N4O2.CO2/c1-17-4-7-20-23(14-17)28(27(30-29)26(20)33)21-8-5-18(31-10-2-11-31)15-24(21)34-25-16-19(6-9-22(25)28)32-12-3-13-32;2-1-3/h4-9,14-16H,2-3,10-13H2,1H3;. The summed E-state index contributed by atoms with van der Waals surface area (Å²) in [5.74, 6) is 1.18. The Morgan fingerprint density at radius 3 is 1.84 bits per heavy atom. The summed E-state index contributed by atoms with van der Waals surface area (Å²) in [5.41, 5.74) is 15.7. The number of ketones is 1. The van der Waals surface area contributed by atoms with Gasteiger partial charge >= 0.3 is 11.9 Å². The lowest BCUT2D eigenvalue weighted by atomic mass is 9.67. The van der Waals surface area contributed by atoms with Gasteiger partial charge in [0.05, 0.1) is 0 Å². The number of benzene rings is 3. The lowest BCUT2D eigenvalue weighted by Gasteiger charge is -2.39. The largest absolute Gasteiger partial charge is 0.457 e. The number of nitrogens with zero attached hydrogens (tertiary/aromatic N) is 4. The molecule has 184 valence electrons. The predicted molar refractivity (Wildman–Crippen MR) is 136 cm³/mol. The molecule has 4 aliphatic rings. The van der Waals surface area contributed by atoms with Crippen LogP contribution in [-0.4, -0.2) is 48.6 Å². The Morgan fingerprint density at radius 1 is 0.838 bits per heavy atom. The van der Waals surface area contributed by atoms with Crippen molar-refractivity contribution < 1.29 is 23.9 Å². The van der Waals surface area contributed by atoms with Crippen molar-refractivity contribution in [3.05, 3.63) is 87.9 Å². The minimum absolute atomic E-state index is 0.132. The van der Waals surface area contributed by atoms with Gasteiger partial charge in [-0.2, -0.15) is 14.4 Å². The molecule has 37 heavy (non-hydrogen) atoms. The van der Waals surface area contributed by atoms with Crippen LogP contribution in [0.15, 0.2) is 54.6 Å². The Kier molecular flexibility index (Phi) is 5.30. The summed E-state index contributed by atoms with van der Waals surface area (Å²) in [6.07, 6.45) is 2.62. The maximum atomic E-state index is 13.5. The number of fused-ring (bicyclic) bond motifs is 6. The van der Waals surface area contributed by atoms with Crippen molar-refractivity contribution in [3.63, 3.8) is 0 Å². The zero-order chi connectivity index (χ0) is 25.7. The minimum Gasteiger partial charge on any atom is -0.457 e. The van der Waals surface area contributed by atoms with Gasteiger partial charge in [-0.25, -0.2) is 0 Å². The summed E-state index contributed by atoms with van der Waals surface area (Å²) in [6, 6.07) is 18.3. The van der Waals surface area contributed by atoms with Gasteiger partial charge in [-0.3, -0.25) is 4.79 Å². The van der Waals surface area contributed by atoms with Gasteiger partial charge in [-0.15, -0.1) is 0 Å². The van der Waals surface area contributed by atoms with Crippen molar-refractivity contribution in [3.8, 4) is 11.5 Å². The third-order valence-electron chi connectivity index (χ3n) is 7.89. The van der Waals surface area contributed by atoms with E-state index >= 15 is 0 Å². The monoisotopic (exact) mass is 492 g/mol. The van der Waals surface area contributed by atoms with Crippen molar-refractivity contribution in [2.24, 2.45) is 0 Å². The highest BCUT2D eigenvalue weighted by molar-refractivity contribution is 6.52. The Morgan fingerprint density at radius 2 is 1.38 bits per heavy atom. The van der Waals surface area contributed by atoms with E-state index in [-0.39, 0.29) is 17.6 Å². The number of Topliss-reactive ketones (excluding diaryl/α,β-unsaturated/α-hetero) is 1. The second-order valence-electron chi connectivity index (χ2n) is 9.80. The number of aryl methyl sites for hydroxylation is 1. The highest BCUT2D eigenvalue weighted by Gasteiger charge is 2.62. The van der Waals surface area contributed by atoms with Gasteiger partial charge in [-0.05, 0) is 37.5 Å². The van der Waals surface area contributed by atoms with Gasteiger partial charge in [0, 0.05) is 66.4 Å². The number of ether oxygens (including phenoxy) is 1. The number of carbonyl (C=O) groups excluding carboxylic acids is 3. The van der Waals surface area contributed by atoms with E-state index in [9.17, 15) is 10.3 Å². The molecular weight excluding hydrogens is 468 g/mol. The molecule has 3 aromatic rings. The Balaban J connectivity index is 0.000000804. The van der Waals surface area contributed by atoms with Gasteiger partial charge in [0.15, 0.2) is 5.41 Å². The Hall–Kier alpha value is -4.51. The van der Waals surface area contributed by atoms with E-state index in [2.05, 4.69) is 44.9 Å². The normalized spacial score (nSPS) is 17.6. The third kappa shape index (κ3) is 3.20. The highest BCUT2D eigenvalue weighted by Crippen LogP contribution is 2.57. The van der Waals surface area contributed by atoms with Gasteiger partial charge < -0.3 is 20.1 Å². The molecule has 8 heteroatoms. The maximum absolute atomic E-state index is 13.5. The summed E-state index contributed by atoms with van der Waals surface area (Å²) in [5, 5.41) is 0. The van der Waals surface area contributed by atoms with Gasteiger partial charge in [-0.1, -0.05) is 35.9 Å². The number of anilines is 2. The van der Waals surface area contributed by atoms with E-state index in [1.54, 1.807) is 0 Å².